The summed E-state index contributed by atoms with van der Waals surface area (Å²) in [4.78, 5) is 2.18. The van der Waals surface area contributed by atoms with Crippen LogP contribution >= 0.6 is 11.6 Å². The fourth-order valence-electron chi connectivity index (χ4n) is 2.99. The van der Waals surface area contributed by atoms with Gasteiger partial charge in [0.1, 0.15) is 13.2 Å². The van der Waals surface area contributed by atoms with Crippen LogP contribution in [0.25, 0.3) is 0 Å². The molecule has 0 fully saturated rings. The topological polar surface area (TPSA) is 40.2 Å². The Morgan fingerprint density at radius 3 is 2.64 bits per heavy atom. The van der Waals surface area contributed by atoms with Crippen LogP contribution in [0.4, 0.5) is 0 Å². The zero-order valence-corrected chi connectivity index (χ0v) is 15.4. The van der Waals surface area contributed by atoms with Crippen molar-refractivity contribution in [2.45, 2.75) is 13.1 Å². The van der Waals surface area contributed by atoms with E-state index >= 15 is 0 Å². The summed E-state index contributed by atoms with van der Waals surface area (Å²) in [6.07, 6.45) is 0. The molecule has 1 aliphatic heterocycles. The summed E-state index contributed by atoms with van der Waals surface area (Å²) < 4.78 is 22.1. The molecule has 0 aliphatic carbocycles. The second kappa shape index (κ2) is 7.85. The number of methoxy groups -OCH3 is 2. The van der Waals surface area contributed by atoms with Crippen LogP contribution in [-0.4, -0.2) is 39.4 Å². The van der Waals surface area contributed by atoms with Crippen molar-refractivity contribution in [3.05, 3.63) is 46.5 Å². The summed E-state index contributed by atoms with van der Waals surface area (Å²) in [5.41, 5.74) is 2.13. The number of fused-ring (bicyclic) bond motifs is 1. The van der Waals surface area contributed by atoms with Gasteiger partial charge >= 0.3 is 0 Å². The van der Waals surface area contributed by atoms with Crippen LogP contribution in [0.2, 0.25) is 5.02 Å². The summed E-state index contributed by atoms with van der Waals surface area (Å²) in [5.74, 6) is 2.84. The SMILES string of the molecule is COc1cccc(CN(C)Cc2cc(Cl)c3c(c2)OCCO3)c1OC. The lowest BCUT2D eigenvalue weighted by atomic mass is 10.1. The quantitative estimate of drug-likeness (QED) is 0.781. The molecule has 0 saturated carbocycles. The monoisotopic (exact) mass is 363 g/mol. The standard InChI is InChI=1S/C19H22ClNO4/c1-21(12-14-5-4-6-16(22-2)18(14)23-3)11-13-9-15(20)19-17(10-13)24-7-8-25-19/h4-6,9-10H,7-8,11-12H2,1-3H3. The normalized spacial score (nSPS) is 13.0. The number of nitrogens with zero attached hydrogens (tertiary/aromatic N) is 1. The highest BCUT2D eigenvalue weighted by atomic mass is 35.5. The van der Waals surface area contributed by atoms with Gasteiger partial charge in [-0.05, 0) is 30.8 Å². The van der Waals surface area contributed by atoms with Gasteiger partial charge in [0.25, 0.3) is 0 Å². The van der Waals surface area contributed by atoms with Crippen LogP contribution in [0.5, 0.6) is 23.0 Å². The zero-order valence-electron chi connectivity index (χ0n) is 14.7. The van der Waals surface area contributed by atoms with Gasteiger partial charge in [-0.15, -0.1) is 0 Å². The Morgan fingerprint density at radius 2 is 1.88 bits per heavy atom. The molecule has 0 atom stereocenters. The lowest BCUT2D eigenvalue weighted by Gasteiger charge is -2.23. The molecule has 0 aromatic heterocycles. The average molecular weight is 364 g/mol. The molecule has 0 radical (unpaired) electrons. The van der Waals surface area contributed by atoms with Gasteiger partial charge in [-0.1, -0.05) is 23.7 Å². The molecule has 0 unspecified atom stereocenters. The van der Waals surface area contributed by atoms with Crippen LogP contribution in [-0.2, 0) is 13.1 Å². The van der Waals surface area contributed by atoms with Crippen molar-refractivity contribution in [3.63, 3.8) is 0 Å². The van der Waals surface area contributed by atoms with Gasteiger partial charge in [0.05, 0.1) is 19.2 Å². The fourth-order valence-corrected chi connectivity index (χ4v) is 3.28. The highest BCUT2D eigenvalue weighted by molar-refractivity contribution is 6.32. The third kappa shape index (κ3) is 3.94. The second-order valence-electron chi connectivity index (χ2n) is 5.93. The number of rotatable bonds is 6. The van der Waals surface area contributed by atoms with Crippen LogP contribution < -0.4 is 18.9 Å². The smallest absolute Gasteiger partial charge is 0.179 e. The summed E-state index contributed by atoms with van der Waals surface area (Å²) in [5, 5.41) is 0.583. The molecular weight excluding hydrogens is 342 g/mol. The van der Waals surface area contributed by atoms with Crippen molar-refractivity contribution in [2.24, 2.45) is 0 Å². The Kier molecular flexibility index (Phi) is 5.56. The highest BCUT2D eigenvalue weighted by Gasteiger charge is 2.18. The van der Waals surface area contributed by atoms with E-state index in [1.165, 1.54) is 0 Å². The molecule has 0 saturated heterocycles. The molecule has 0 spiro atoms. The number of ether oxygens (including phenoxy) is 4. The van der Waals surface area contributed by atoms with E-state index in [-0.39, 0.29) is 0 Å². The van der Waals surface area contributed by atoms with Gasteiger partial charge in [0.15, 0.2) is 23.0 Å². The maximum atomic E-state index is 6.32. The fraction of sp³-hybridized carbons (Fsp3) is 0.368. The summed E-state index contributed by atoms with van der Waals surface area (Å²) in [6.45, 7) is 2.51. The Labute approximate surface area is 153 Å². The molecule has 25 heavy (non-hydrogen) atoms. The number of hydrogen-bond acceptors (Lipinski definition) is 5. The largest absolute Gasteiger partial charge is 0.493 e. The minimum absolute atomic E-state index is 0.529. The Morgan fingerprint density at radius 1 is 1.08 bits per heavy atom. The molecule has 2 aromatic rings. The minimum Gasteiger partial charge on any atom is -0.493 e. The summed E-state index contributed by atoms with van der Waals surface area (Å²) in [6, 6.07) is 9.80. The van der Waals surface area contributed by atoms with Crippen molar-refractivity contribution < 1.29 is 18.9 Å². The van der Waals surface area contributed by atoms with E-state index < -0.39 is 0 Å². The first kappa shape index (κ1) is 17.7. The Hall–Kier alpha value is -2.11. The molecule has 0 bridgehead atoms. The van der Waals surface area contributed by atoms with E-state index in [4.69, 9.17) is 30.5 Å². The summed E-state index contributed by atoms with van der Waals surface area (Å²) >= 11 is 6.32. The van der Waals surface area contributed by atoms with E-state index in [0.29, 0.717) is 36.3 Å². The Balaban J connectivity index is 1.75. The molecule has 1 heterocycles. The van der Waals surface area contributed by atoms with Gasteiger partial charge in [0.2, 0.25) is 0 Å². The molecule has 1 aliphatic rings. The second-order valence-corrected chi connectivity index (χ2v) is 6.33. The van der Waals surface area contributed by atoms with E-state index in [1.807, 2.05) is 37.4 Å². The molecular formula is C19H22ClNO4. The molecule has 134 valence electrons. The average Bonchev–Trinajstić information content (AvgIpc) is 2.61. The van der Waals surface area contributed by atoms with Crippen molar-refractivity contribution in [3.8, 4) is 23.0 Å². The lowest BCUT2D eigenvalue weighted by Crippen LogP contribution is -2.19. The highest BCUT2D eigenvalue weighted by Crippen LogP contribution is 2.38. The molecule has 5 nitrogen and oxygen atoms in total. The first-order valence-corrected chi connectivity index (χ1v) is 8.46. The lowest BCUT2D eigenvalue weighted by molar-refractivity contribution is 0.171. The van der Waals surface area contributed by atoms with E-state index in [9.17, 15) is 0 Å². The zero-order chi connectivity index (χ0) is 17.8. The van der Waals surface area contributed by atoms with E-state index in [0.717, 1.165) is 29.2 Å². The van der Waals surface area contributed by atoms with Crippen molar-refractivity contribution in [1.29, 1.82) is 0 Å². The van der Waals surface area contributed by atoms with Crippen molar-refractivity contribution in [1.82, 2.24) is 4.90 Å². The Bertz CT molecular complexity index is 750. The molecule has 6 heteroatoms. The predicted octanol–water partition coefficient (Wildman–Crippen LogP) is 3.76. The minimum atomic E-state index is 0.529. The predicted molar refractivity (Wildman–Crippen MR) is 97.2 cm³/mol. The number of para-hydroxylation sites is 1. The molecule has 0 amide bonds. The summed E-state index contributed by atoms with van der Waals surface area (Å²) in [7, 11) is 5.34. The maximum Gasteiger partial charge on any atom is 0.179 e. The van der Waals surface area contributed by atoms with Gasteiger partial charge in [-0.3, -0.25) is 4.90 Å². The molecule has 0 N–H and O–H groups in total. The number of hydrogen-bond donors (Lipinski definition) is 0. The van der Waals surface area contributed by atoms with Crippen LogP contribution in [0.3, 0.4) is 0 Å². The first-order valence-electron chi connectivity index (χ1n) is 8.08. The van der Waals surface area contributed by atoms with Crippen LogP contribution in [0.15, 0.2) is 30.3 Å². The maximum absolute atomic E-state index is 6.32. The number of benzene rings is 2. The van der Waals surface area contributed by atoms with Crippen LogP contribution in [0, 0.1) is 0 Å². The third-order valence-corrected chi connectivity index (χ3v) is 4.31. The van der Waals surface area contributed by atoms with E-state index in [1.54, 1.807) is 14.2 Å². The van der Waals surface area contributed by atoms with Crippen molar-refractivity contribution >= 4 is 11.6 Å². The first-order chi connectivity index (χ1) is 12.1. The van der Waals surface area contributed by atoms with Gasteiger partial charge in [0, 0.05) is 18.7 Å². The van der Waals surface area contributed by atoms with Crippen molar-refractivity contribution in [2.75, 3.05) is 34.5 Å². The van der Waals surface area contributed by atoms with Gasteiger partial charge in [-0.25, -0.2) is 0 Å². The third-order valence-electron chi connectivity index (χ3n) is 4.03. The van der Waals surface area contributed by atoms with Crippen LogP contribution in [0.1, 0.15) is 11.1 Å². The van der Waals surface area contributed by atoms with Gasteiger partial charge in [-0.2, -0.15) is 0 Å². The molecule has 3 rings (SSSR count). The molecule has 2 aromatic carbocycles. The van der Waals surface area contributed by atoms with E-state index in [2.05, 4.69) is 4.90 Å². The number of halogens is 1. The van der Waals surface area contributed by atoms with Gasteiger partial charge < -0.3 is 18.9 Å².